The first kappa shape index (κ1) is 76.8. The third kappa shape index (κ3) is 10.2. The fraction of sp³-hybridized carbons (Fsp3) is 0. The Morgan fingerprint density at radius 1 is 0.145 bits per heavy atom. The minimum absolute atomic E-state index is 0.766. The molecule has 0 saturated heterocycles. The van der Waals surface area contributed by atoms with Gasteiger partial charge in [-0.15, -0.1) is 0 Å². The van der Waals surface area contributed by atoms with Crippen LogP contribution < -0.4 is 0 Å². The fourth-order valence-electron chi connectivity index (χ4n) is 24.6. The van der Waals surface area contributed by atoms with Crippen molar-refractivity contribution in [3.05, 3.63) is 437 Å². The van der Waals surface area contributed by atoms with E-state index in [1.165, 1.54) is 43.6 Å². The molecule has 0 radical (unpaired) electrons. The average Bonchev–Trinajstić information content (AvgIpc) is 1.54. The van der Waals surface area contributed by atoms with Gasteiger partial charge in [0.25, 0.3) is 0 Å². The van der Waals surface area contributed by atoms with Gasteiger partial charge in [-0.25, -0.2) is 24.9 Å². The molecule has 0 spiro atoms. The van der Waals surface area contributed by atoms with E-state index in [1.807, 2.05) is 6.07 Å². The van der Waals surface area contributed by atoms with Crippen LogP contribution in [0.5, 0.6) is 0 Å². The van der Waals surface area contributed by atoms with Crippen LogP contribution in [0, 0.1) is 0 Å². The van der Waals surface area contributed by atoms with Gasteiger partial charge in [0, 0.05) is 60.2 Å². The molecule has 0 aliphatic heterocycles. The van der Waals surface area contributed by atoms with E-state index in [-0.39, 0.29) is 0 Å². The number of benzene rings is 20. The molecule has 0 fully saturated rings. The van der Waals surface area contributed by atoms with Crippen LogP contribution >= 0.6 is 0 Å². The van der Waals surface area contributed by atoms with Gasteiger partial charge in [-0.3, -0.25) is 44.8 Å². The zero-order valence-corrected chi connectivity index (χ0v) is 76.9. The fourth-order valence-corrected chi connectivity index (χ4v) is 24.6. The number of imidazole rings is 10. The lowest BCUT2D eigenvalue weighted by Crippen LogP contribution is -1.98. The number of aromatic nitrogens is 18. The van der Waals surface area contributed by atoms with Gasteiger partial charge in [-0.2, -0.15) is 0 Å². The standard InChI is InChI=1S/C63H36N10O.C62H36N8O/c1-6-21-45-39(15-1)40-16-2-7-22-46(40)67(45)37-31-33-52-56(35-37)70-48-24-9-4-19-43(48)65-62(70)72(52)54-28-14-30-58-59(54)41-17-13-29-55(60(41)74-58)73-53-34-32-38(36-57(53)71-49-25-10-5-20-44(49)66-63(71)73)68-50-26-11-12-27-51(50)69-47-23-8-3-18-42(47)64-61(68)69;1-6-21-46-39(15-1)40-16-2-7-22-47(40)65(46)38-32-34-54-57(36-38)69-51-25-10-5-20-45(51)64-62(69)70(54)55-28-14-30-58-59(55)42-18-13-29-56(60(42)71-58)67-48-23-8-3-17-41(48)43-35-37(31-33-49(43)67)66-52-26-11-12-27-53(52)68-50-24-9-4-19-44(50)63-61(66)68/h1-36H;1-36H. The Labute approximate surface area is 817 Å². The first-order valence-corrected chi connectivity index (χ1v) is 48.9. The van der Waals surface area contributed by atoms with Crippen molar-refractivity contribution in [3.63, 3.8) is 0 Å². The van der Waals surface area contributed by atoms with Crippen molar-refractivity contribution in [2.45, 2.75) is 0 Å². The monoisotopic (exact) mass is 1860 g/mol. The van der Waals surface area contributed by atoms with Crippen molar-refractivity contribution in [1.29, 1.82) is 0 Å². The summed E-state index contributed by atoms with van der Waals surface area (Å²) in [5.74, 6) is 4.21. The van der Waals surface area contributed by atoms with Crippen LogP contribution in [-0.4, -0.2) is 83.5 Å². The van der Waals surface area contributed by atoms with Crippen LogP contribution in [0.1, 0.15) is 0 Å². The summed E-state index contributed by atoms with van der Waals surface area (Å²) >= 11 is 0. The van der Waals surface area contributed by atoms with Crippen LogP contribution in [0.3, 0.4) is 0 Å². The number of furan rings is 2. The zero-order chi connectivity index (χ0) is 94.0. The van der Waals surface area contributed by atoms with Gasteiger partial charge in [0.2, 0.25) is 28.9 Å². The molecule has 15 aromatic heterocycles. The lowest BCUT2D eigenvalue weighted by molar-refractivity contribution is 0.666. The minimum Gasteiger partial charge on any atom is -0.454 e. The Balaban J connectivity index is 0.000000125. The largest absolute Gasteiger partial charge is 0.454 e. The molecule has 674 valence electrons. The molecule has 0 unspecified atom stereocenters. The first-order valence-electron chi connectivity index (χ1n) is 48.9. The molecule has 0 atom stereocenters. The van der Waals surface area contributed by atoms with Crippen LogP contribution in [0.4, 0.5) is 0 Å². The molecule has 0 aliphatic carbocycles. The van der Waals surface area contributed by atoms with E-state index in [9.17, 15) is 0 Å². The van der Waals surface area contributed by atoms with E-state index in [1.54, 1.807) is 0 Å². The molecular weight excluding hydrogens is 1790 g/mol. The quantitative estimate of drug-likeness (QED) is 0.147. The van der Waals surface area contributed by atoms with Crippen LogP contribution in [0.25, 0.3) is 294 Å². The highest BCUT2D eigenvalue weighted by Gasteiger charge is 2.31. The summed E-state index contributed by atoms with van der Waals surface area (Å²) in [6.07, 6.45) is 0. The second kappa shape index (κ2) is 28.3. The number of rotatable bonds is 8. The van der Waals surface area contributed by atoms with Crippen molar-refractivity contribution in [2.75, 3.05) is 0 Å². The van der Waals surface area contributed by atoms with E-state index in [2.05, 4.69) is 489 Å². The molecule has 20 nitrogen and oxygen atoms in total. The van der Waals surface area contributed by atoms with Crippen molar-refractivity contribution < 1.29 is 8.83 Å². The zero-order valence-electron chi connectivity index (χ0n) is 76.9. The maximum absolute atomic E-state index is 7.14. The van der Waals surface area contributed by atoms with Gasteiger partial charge in [-0.05, 0) is 224 Å². The summed E-state index contributed by atoms with van der Waals surface area (Å²) in [7, 11) is 0. The smallest absolute Gasteiger partial charge is 0.220 e. The second-order valence-electron chi connectivity index (χ2n) is 38.0. The molecule has 0 saturated carbocycles. The minimum atomic E-state index is 0.766. The van der Waals surface area contributed by atoms with Crippen molar-refractivity contribution in [1.82, 2.24) is 83.5 Å². The Kier molecular flexibility index (Phi) is 15.0. The predicted molar refractivity (Wildman–Crippen MR) is 586 cm³/mol. The van der Waals surface area contributed by atoms with E-state index in [0.717, 1.165) is 250 Å². The summed E-state index contributed by atoms with van der Waals surface area (Å²) in [5.41, 5.74) is 38.7. The molecular formula is C125H72N18O2. The molecule has 15 heterocycles. The summed E-state index contributed by atoms with van der Waals surface area (Å²) < 4.78 is 44.3. The summed E-state index contributed by atoms with van der Waals surface area (Å²) in [6, 6.07) is 155. The van der Waals surface area contributed by atoms with E-state index < -0.39 is 0 Å². The second-order valence-corrected chi connectivity index (χ2v) is 38.0. The summed E-state index contributed by atoms with van der Waals surface area (Å²) in [5, 5.41) is 11.3. The van der Waals surface area contributed by atoms with E-state index in [4.69, 9.17) is 33.8 Å². The average molecular weight is 1860 g/mol. The number of fused-ring (bicyclic) bond motifs is 40. The maximum atomic E-state index is 7.14. The molecule has 0 bridgehead atoms. The SMILES string of the molecule is c1ccc2c(c1)nc1n(-c3ccc4c(c3)c3ccccc3n4-c3cccc4c3oc3cccc(-n5c6ccc(-n7c8ccccc8c8ccccc87)cc6n6c7ccccc7nc56)c34)c3ccccc3n21.c1ccc2c(c1)nc1n(-c3ccc4c(c3)n3c5ccccc5nc3n4-c3cccc4c3oc3cccc(-n5c6ccc(-n7c8ccccc8c8ccccc87)cc6n6c7ccccc7nc56)c34)c3ccccc3n21. The van der Waals surface area contributed by atoms with Gasteiger partial charge < -0.3 is 22.5 Å². The third-order valence-electron chi connectivity index (χ3n) is 30.5. The summed E-state index contributed by atoms with van der Waals surface area (Å²) in [4.78, 5) is 26.5. The van der Waals surface area contributed by atoms with Gasteiger partial charge >= 0.3 is 0 Å². The molecule has 35 rings (SSSR count). The number of hydrogen-bond donors (Lipinski definition) is 0. The van der Waals surface area contributed by atoms with Gasteiger partial charge in [0.15, 0.2) is 11.2 Å². The number of hydrogen-bond acceptors (Lipinski definition) is 7. The van der Waals surface area contributed by atoms with E-state index in [0.29, 0.717) is 0 Å². The predicted octanol–water partition coefficient (Wildman–Crippen LogP) is 30.2. The highest BCUT2D eigenvalue weighted by molar-refractivity contribution is 6.19. The Morgan fingerprint density at radius 2 is 0.379 bits per heavy atom. The lowest BCUT2D eigenvalue weighted by Gasteiger charge is -2.11. The highest BCUT2D eigenvalue weighted by atomic mass is 16.3. The van der Waals surface area contributed by atoms with Crippen molar-refractivity contribution >= 4 is 249 Å². The van der Waals surface area contributed by atoms with Gasteiger partial charge in [0.1, 0.15) is 11.2 Å². The molecule has 0 N–H and O–H groups in total. The van der Waals surface area contributed by atoms with Crippen molar-refractivity contribution in [3.8, 4) is 45.5 Å². The normalized spacial score (nSPS) is 12.6. The Hall–Kier alpha value is -20.2. The van der Waals surface area contributed by atoms with Crippen LogP contribution in [0.15, 0.2) is 446 Å². The lowest BCUT2D eigenvalue weighted by atomic mass is 10.1. The molecule has 145 heavy (non-hydrogen) atoms. The molecule has 35 aromatic rings. The third-order valence-corrected chi connectivity index (χ3v) is 30.5. The molecule has 0 amide bonds. The Bertz CT molecular complexity index is 11800. The highest BCUT2D eigenvalue weighted by Crippen LogP contribution is 2.48. The molecule has 20 aromatic carbocycles. The van der Waals surface area contributed by atoms with Gasteiger partial charge in [0.05, 0.1) is 183 Å². The van der Waals surface area contributed by atoms with Crippen LogP contribution in [0.2, 0.25) is 0 Å². The van der Waals surface area contributed by atoms with Crippen LogP contribution in [-0.2, 0) is 0 Å². The number of para-hydroxylation sites is 21. The first-order chi connectivity index (χ1) is 72.0. The topological polar surface area (TPSA) is 152 Å². The number of nitrogens with zero attached hydrogens (tertiary/aromatic N) is 18. The van der Waals surface area contributed by atoms with E-state index >= 15 is 0 Å². The maximum Gasteiger partial charge on any atom is 0.220 e. The summed E-state index contributed by atoms with van der Waals surface area (Å²) in [6.45, 7) is 0. The molecule has 20 heteroatoms. The van der Waals surface area contributed by atoms with Gasteiger partial charge in [-0.1, -0.05) is 212 Å². The molecule has 0 aliphatic rings. The van der Waals surface area contributed by atoms with Crippen molar-refractivity contribution in [2.24, 2.45) is 0 Å². The Morgan fingerprint density at radius 3 is 0.745 bits per heavy atom.